The van der Waals surface area contributed by atoms with Gasteiger partial charge in [-0.3, -0.25) is 10.8 Å². The molecule has 0 aromatic heterocycles. The molecule has 0 amide bonds. The van der Waals surface area contributed by atoms with Gasteiger partial charge in [0.15, 0.2) is 0 Å². The first-order valence-corrected chi connectivity index (χ1v) is 6.49. The predicted octanol–water partition coefficient (Wildman–Crippen LogP) is -3.18. The normalized spacial score (nSPS) is 10.4. The molecular formula is C12H34N6O6. The van der Waals surface area contributed by atoms with E-state index in [4.69, 9.17) is 21.0 Å². The first-order chi connectivity index (χ1) is 9.17. The molecule has 0 spiro atoms. The Morgan fingerprint density at radius 3 is 1.21 bits per heavy atom. The zero-order valence-electron chi connectivity index (χ0n) is 14.6. The van der Waals surface area contributed by atoms with E-state index in [0.29, 0.717) is 0 Å². The van der Waals surface area contributed by atoms with E-state index in [9.17, 15) is 0 Å². The van der Waals surface area contributed by atoms with Crippen LogP contribution in [-0.4, -0.2) is 81.2 Å². The monoisotopic (exact) mass is 358 g/mol. The van der Waals surface area contributed by atoms with Crippen molar-refractivity contribution in [1.82, 2.24) is 10.6 Å². The molecule has 0 rings (SSSR count). The molecule has 24 heavy (non-hydrogen) atoms. The Morgan fingerprint density at radius 1 is 0.750 bits per heavy atom. The molecule has 0 heterocycles. The van der Waals surface area contributed by atoms with E-state index < -0.39 is 11.1 Å². The van der Waals surface area contributed by atoms with Crippen molar-refractivity contribution < 1.29 is 32.1 Å². The van der Waals surface area contributed by atoms with Gasteiger partial charge in [0.1, 0.15) is 22.7 Å². The molecule has 0 fully saturated rings. The van der Waals surface area contributed by atoms with E-state index in [0.717, 1.165) is 0 Å². The molecule has 0 aromatic rings. The lowest BCUT2D eigenvalue weighted by Crippen LogP contribution is -2.43. The van der Waals surface area contributed by atoms with Gasteiger partial charge in [0, 0.05) is 13.1 Å². The SMILES string of the molecule is CC(C)(N=NC(C)(C)C(=N)NCCO)C(=N)NCCO.O.O.O.O. The maximum atomic E-state index is 8.73. The molecule has 0 unspecified atom stereocenters. The van der Waals surface area contributed by atoms with Crippen molar-refractivity contribution in [3.63, 3.8) is 0 Å². The number of hydrogen-bond acceptors (Lipinski definition) is 6. The van der Waals surface area contributed by atoms with Crippen molar-refractivity contribution in [2.75, 3.05) is 26.3 Å². The Balaban J connectivity index is -0.000000301. The second-order valence-corrected chi connectivity index (χ2v) is 5.37. The summed E-state index contributed by atoms with van der Waals surface area (Å²) in [6.45, 7) is 7.36. The second-order valence-electron chi connectivity index (χ2n) is 5.37. The van der Waals surface area contributed by atoms with E-state index in [1.807, 2.05) is 0 Å². The molecule has 0 aliphatic rings. The Hall–Kier alpha value is -1.70. The topological polar surface area (TPSA) is 263 Å². The van der Waals surface area contributed by atoms with Crippen LogP contribution in [0.1, 0.15) is 27.7 Å². The largest absolute Gasteiger partial charge is 0.412 e. The summed E-state index contributed by atoms with van der Waals surface area (Å²) in [4.78, 5) is 0. The smallest absolute Gasteiger partial charge is 0.132 e. The highest BCUT2D eigenvalue weighted by Crippen LogP contribution is 2.16. The van der Waals surface area contributed by atoms with Crippen molar-refractivity contribution >= 4 is 11.7 Å². The summed E-state index contributed by atoms with van der Waals surface area (Å²) in [7, 11) is 0. The third-order valence-electron chi connectivity index (χ3n) is 2.60. The third kappa shape index (κ3) is 11.8. The lowest BCUT2D eigenvalue weighted by atomic mass is 10.0. The zero-order valence-corrected chi connectivity index (χ0v) is 14.6. The van der Waals surface area contributed by atoms with Gasteiger partial charge in [-0.15, -0.1) is 0 Å². The van der Waals surface area contributed by atoms with Gasteiger partial charge < -0.3 is 42.8 Å². The van der Waals surface area contributed by atoms with E-state index in [1.165, 1.54) is 0 Å². The van der Waals surface area contributed by atoms with Crippen LogP contribution in [0.15, 0.2) is 10.2 Å². The zero-order chi connectivity index (χ0) is 15.8. The number of rotatable bonds is 8. The summed E-state index contributed by atoms with van der Waals surface area (Å²) in [6, 6.07) is 0. The van der Waals surface area contributed by atoms with Crippen LogP contribution in [-0.2, 0) is 0 Å². The van der Waals surface area contributed by atoms with E-state index in [2.05, 4.69) is 20.9 Å². The van der Waals surface area contributed by atoms with Gasteiger partial charge in [-0.25, -0.2) is 0 Å². The Kier molecular flexibility index (Phi) is 20.9. The molecule has 12 nitrogen and oxygen atoms in total. The molecular weight excluding hydrogens is 324 g/mol. The van der Waals surface area contributed by atoms with Gasteiger partial charge in [-0.1, -0.05) is 0 Å². The van der Waals surface area contributed by atoms with Crippen LogP contribution in [0.2, 0.25) is 0 Å². The molecule has 0 aliphatic carbocycles. The maximum Gasteiger partial charge on any atom is 0.132 e. The van der Waals surface area contributed by atoms with Crippen LogP contribution < -0.4 is 10.6 Å². The third-order valence-corrected chi connectivity index (χ3v) is 2.60. The van der Waals surface area contributed by atoms with Gasteiger partial charge in [-0.05, 0) is 27.7 Å². The molecule has 0 saturated heterocycles. The molecule has 148 valence electrons. The molecule has 0 atom stereocenters. The van der Waals surface area contributed by atoms with E-state index in [-0.39, 0.29) is 59.9 Å². The number of aliphatic hydroxyl groups is 2. The van der Waals surface area contributed by atoms with Crippen molar-refractivity contribution in [1.29, 1.82) is 10.8 Å². The minimum absolute atomic E-state index is 0. The van der Waals surface area contributed by atoms with Gasteiger partial charge >= 0.3 is 0 Å². The fourth-order valence-electron chi connectivity index (χ4n) is 1.14. The highest BCUT2D eigenvalue weighted by Gasteiger charge is 2.28. The van der Waals surface area contributed by atoms with Crippen LogP contribution in [0.25, 0.3) is 0 Å². The number of nitrogens with zero attached hydrogens (tertiary/aromatic N) is 2. The van der Waals surface area contributed by atoms with Crippen LogP contribution in [0.5, 0.6) is 0 Å². The second kappa shape index (κ2) is 14.9. The number of hydrogen-bond donors (Lipinski definition) is 6. The highest BCUT2D eigenvalue weighted by atomic mass is 16.3. The summed E-state index contributed by atoms with van der Waals surface area (Å²) in [5.41, 5.74) is -1.71. The average Bonchev–Trinajstić information content (AvgIpc) is 2.39. The maximum absolute atomic E-state index is 8.73. The van der Waals surface area contributed by atoms with Gasteiger partial charge in [0.05, 0.1) is 13.2 Å². The van der Waals surface area contributed by atoms with Crippen molar-refractivity contribution in [2.24, 2.45) is 10.2 Å². The molecule has 12 heteroatoms. The fraction of sp³-hybridized carbons (Fsp3) is 0.833. The molecule has 0 aliphatic heterocycles. The van der Waals surface area contributed by atoms with Crippen molar-refractivity contribution in [3.05, 3.63) is 0 Å². The first-order valence-electron chi connectivity index (χ1n) is 6.49. The molecule has 0 aromatic carbocycles. The molecule has 14 N–H and O–H groups in total. The number of azo groups is 1. The average molecular weight is 358 g/mol. The summed E-state index contributed by atoms with van der Waals surface area (Å²) in [6.07, 6.45) is 0. The van der Waals surface area contributed by atoms with Gasteiger partial charge in [0.2, 0.25) is 0 Å². The quantitative estimate of drug-likeness (QED) is 0.149. The molecule has 0 bridgehead atoms. The van der Waals surface area contributed by atoms with Crippen molar-refractivity contribution in [2.45, 2.75) is 38.8 Å². The van der Waals surface area contributed by atoms with Crippen molar-refractivity contribution in [3.8, 4) is 0 Å². The summed E-state index contributed by atoms with van der Waals surface area (Å²) in [5, 5.41) is 46.9. The Bertz CT molecular complexity index is 341. The van der Waals surface area contributed by atoms with Crippen LogP contribution in [0, 0.1) is 10.8 Å². The minimum atomic E-state index is -0.857. The van der Waals surface area contributed by atoms with Crippen LogP contribution >= 0.6 is 0 Å². The number of amidine groups is 2. The number of aliphatic hydroxyl groups excluding tert-OH is 2. The fourth-order valence-corrected chi connectivity index (χ4v) is 1.14. The van der Waals surface area contributed by atoms with E-state index >= 15 is 0 Å². The predicted molar refractivity (Wildman–Crippen MR) is 93.1 cm³/mol. The minimum Gasteiger partial charge on any atom is -0.412 e. The summed E-state index contributed by atoms with van der Waals surface area (Å²) < 4.78 is 0. The lowest BCUT2D eigenvalue weighted by Gasteiger charge is -2.25. The Labute approximate surface area is 141 Å². The summed E-state index contributed by atoms with van der Waals surface area (Å²) in [5.74, 6) is 0.307. The van der Waals surface area contributed by atoms with E-state index in [1.54, 1.807) is 27.7 Å². The highest BCUT2D eigenvalue weighted by molar-refractivity contribution is 5.89. The van der Waals surface area contributed by atoms with Crippen LogP contribution in [0.4, 0.5) is 0 Å². The number of nitrogens with one attached hydrogen (secondary N) is 4. The standard InChI is InChI=1S/C12H26N6O2.4H2O/c1-11(2,9(13)15-5-7-19)17-18-12(3,4)10(14)16-6-8-20;;;;/h19-20H,5-8H2,1-4H3,(H2,13,15)(H2,14,16);4*1H2. The Morgan fingerprint density at radius 2 is 1.00 bits per heavy atom. The lowest BCUT2D eigenvalue weighted by molar-refractivity contribution is 0.298. The van der Waals surface area contributed by atoms with Crippen LogP contribution in [0.3, 0.4) is 0 Å². The first kappa shape index (κ1) is 33.8. The summed E-state index contributed by atoms with van der Waals surface area (Å²) >= 11 is 0. The molecule has 0 saturated carbocycles. The molecule has 0 radical (unpaired) electrons. The van der Waals surface area contributed by atoms with Gasteiger partial charge in [-0.2, -0.15) is 10.2 Å². The van der Waals surface area contributed by atoms with Gasteiger partial charge in [0.25, 0.3) is 0 Å².